The second-order valence-electron chi connectivity index (χ2n) is 5.40. The van der Waals surface area contributed by atoms with Crippen molar-refractivity contribution >= 4 is 5.97 Å². The van der Waals surface area contributed by atoms with Gasteiger partial charge in [0.2, 0.25) is 0 Å². The molecule has 22 heavy (non-hydrogen) atoms. The molecule has 1 aromatic heterocycles. The first-order valence-corrected chi connectivity index (χ1v) is 7.25. The molecule has 1 aliphatic rings. The van der Waals surface area contributed by atoms with Crippen molar-refractivity contribution < 1.29 is 14.6 Å². The average molecular weight is 298 g/mol. The highest BCUT2D eigenvalue weighted by Crippen LogP contribution is 2.33. The molecule has 2 aromatic rings. The first kappa shape index (κ1) is 14.5. The van der Waals surface area contributed by atoms with E-state index < -0.39 is 12.0 Å². The Labute approximate surface area is 129 Å². The fourth-order valence-electron chi connectivity index (χ4n) is 2.78. The van der Waals surface area contributed by atoms with Gasteiger partial charge in [0.05, 0.1) is 0 Å². The fourth-order valence-corrected chi connectivity index (χ4v) is 2.78. The predicted molar refractivity (Wildman–Crippen MR) is 81.7 cm³/mol. The standard InChI is InChI=1S/C17H18N2O3/c1-12-6-7-18-10-13(12)11-19-8-9-22-15-5-3-2-4-14(15)16(19)17(20)21/h2-7,10,16H,8-9,11H2,1H3,(H,20,21). The van der Waals surface area contributed by atoms with Gasteiger partial charge in [-0.25, -0.2) is 0 Å². The summed E-state index contributed by atoms with van der Waals surface area (Å²) in [6.45, 7) is 3.57. The molecule has 1 unspecified atom stereocenters. The molecule has 5 heteroatoms. The molecular formula is C17H18N2O3. The van der Waals surface area contributed by atoms with Gasteiger partial charge in [-0.1, -0.05) is 18.2 Å². The molecule has 0 bridgehead atoms. The minimum atomic E-state index is -0.862. The van der Waals surface area contributed by atoms with Crippen LogP contribution >= 0.6 is 0 Å². The molecule has 0 radical (unpaired) electrons. The Balaban J connectivity index is 1.96. The number of carboxylic acids is 1. The lowest BCUT2D eigenvalue weighted by atomic mass is 10.0. The summed E-state index contributed by atoms with van der Waals surface area (Å²) in [4.78, 5) is 17.9. The van der Waals surface area contributed by atoms with E-state index in [0.717, 1.165) is 11.1 Å². The number of rotatable bonds is 3. The topological polar surface area (TPSA) is 62.7 Å². The summed E-state index contributed by atoms with van der Waals surface area (Å²) in [5, 5.41) is 9.71. The van der Waals surface area contributed by atoms with Crippen LogP contribution in [0.3, 0.4) is 0 Å². The van der Waals surface area contributed by atoms with Crippen molar-refractivity contribution in [1.29, 1.82) is 0 Å². The van der Waals surface area contributed by atoms with E-state index in [-0.39, 0.29) is 0 Å². The molecule has 0 fully saturated rings. The fraction of sp³-hybridized carbons (Fsp3) is 0.294. The number of benzene rings is 1. The summed E-state index contributed by atoms with van der Waals surface area (Å²) in [7, 11) is 0. The lowest BCUT2D eigenvalue weighted by molar-refractivity contribution is -0.143. The van der Waals surface area contributed by atoms with Crippen LogP contribution in [0, 0.1) is 6.92 Å². The van der Waals surface area contributed by atoms with Crippen LogP contribution in [0.15, 0.2) is 42.7 Å². The monoisotopic (exact) mass is 298 g/mol. The van der Waals surface area contributed by atoms with E-state index in [0.29, 0.717) is 31.0 Å². The van der Waals surface area contributed by atoms with Crippen molar-refractivity contribution in [3.8, 4) is 5.75 Å². The zero-order valence-electron chi connectivity index (χ0n) is 12.4. The number of hydrogen-bond donors (Lipinski definition) is 1. The molecule has 1 aromatic carbocycles. The van der Waals surface area contributed by atoms with Crippen molar-refractivity contribution in [2.75, 3.05) is 13.2 Å². The average Bonchev–Trinajstić information content (AvgIpc) is 2.68. The van der Waals surface area contributed by atoms with E-state index in [4.69, 9.17) is 4.74 Å². The molecule has 1 N–H and O–H groups in total. The summed E-state index contributed by atoms with van der Waals surface area (Å²) >= 11 is 0. The second-order valence-corrected chi connectivity index (χ2v) is 5.40. The molecule has 0 amide bonds. The van der Waals surface area contributed by atoms with E-state index >= 15 is 0 Å². The number of fused-ring (bicyclic) bond motifs is 1. The van der Waals surface area contributed by atoms with Gasteiger partial charge in [0, 0.05) is 31.0 Å². The van der Waals surface area contributed by atoms with Gasteiger partial charge >= 0.3 is 5.97 Å². The first-order chi connectivity index (χ1) is 10.7. The lowest BCUT2D eigenvalue weighted by Gasteiger charge is -2.27. The number of hydrogen-bond acceptors (Lipinski definition) is 4. The Morgan fingerprint density at radius 3 is 3.00 bits per heavy atom. The zero-order chi connectivity index (χ0) is 15.5. The Kier molecular flexibility index (Phi) is 4.06. The number of para-hydroxylation sites is 1. The number of carboxylic acid groups (broad SMARTS) is 1. The van der Waals surface area contributed by atoms with Crippen LogP contribution in [0.1, 0.15) is 22.7 Å². The Morgan fingerprint density at radius 1 is 1.41 bits per heavy atom. The van der Waals surface area contributed by atoms with Gasteiger partial charge in [-0.15, -0.1) is 0 Å². The Bertz CT molecular complexity index is 687. The molecule has 3 rings (SSSR count). The van der Waals surface area contributed by atoms with E-state index in [2.05, 4.69) is 4.98 Å². The molecule has 1 aliphatic heterocycles. The highest BCUT2D eigenvalue weighted by Gasteiger charge is 2.32. The SMILES string of the molecule is Cc1ccncc1CN1CCOc2ccccc2C1C(=O)O. The molecule has 2 heterocycles. The van der Waals surface area contributed by atoms with Crippen LogP contribution in [0.2, 0.25) is 0 Å². The Hall–Kier alpha value is -2.40. The van der Waals surface area contributed by atoms with Crippen LogP contribution in [0.25, 0.3) is 0 Å². The third kappa shape index (κ3) is 2.80. The summed E-state index contributed by atoms with van der Waals surface area (Å²) in [5.74, 6) is -0.209. The molecule has 0 saturated carbocycles. The predicted octanol–water partition coefficient (Wildman–Crippen LogP) is 2.41. The largest absolute Gasteiger partial charge is 0.492 e. The number of pyridine rings is 1. The van der Waals surface area contributed by atoms with E-state index in [1.54, 1.807) is 12.4 Å². The summed E-state index contributed by atoms with van der Waals surface area (Å²) in [6.07, 6.45) is 3.54. The molecule has 5 nitrogen and oxygen atoms in total. The number of aryl methyl sites for hydroxylation is 1. The van der Waals surface area contributed by atoms with Crippen LogP contribution in [0.4, 0.5) is 0 Å². The molecule has 0 aliphatic carbocycles. The molecule has 114 valence electrons. The Morgan fingerprint density at radius 2 is 2.23 bits per heavy atom. The van der Waals surface area contributed by atoms with Crippen molar-refractivity contribution in [1.82, 2.24) is 9.88 Å². The third-order valence-corrected chi connectivity index (χ3v) is 3.97. The lowest BCUT2D eigenvalue weighted by Crippen LogP contribution is -2.34. The van der Waals surface area contributed by atoms with Crippen molar-refractivity contribution in [2.45, 2.75) is 19.5 Å². The van der Waals surface area contributed by atoms with Gasteiger partial charge in [0.15, 0.2) is 0 Å². The summed E-state index contributed by atoms with van der Waals surface area (Å²) < 4.78 is 5.71. The number of carbonyl (C=O) groups is 1. The van der Waals surface area contributed by atoms with Gasteiger partial charge in [-0.3, -0.25) is 14.7 Å². The number of ether oxygens (including phenoxy) is 1. The van der Waals surface area contributed by atoms with E-state index in [9.17, 15) is 9.90 Å². The molecule has 0 spiro atoms. The number of aliphatic carboxylic acids is 1. The van der Waals surface area contributed by atoms with Gasteiger partial charge in [0.25, 0.3) is 0 Å². The normalized spacial score (nSPS) is 18.1. The second kappa shape index (κ2) is 6.15. The van der Waals surface area contributed by atoms with Crippen molar-refractivity contribution in [3.05, 3.63) is 59.4 Å². The molecule has 1 atom stereocenters. The first-order valence-electron chi connectivity index (χ1n) is 7.25. The maximum absolute atomic E-state index is 11.8. The minimum absolute atomic E-state index is 0.472. The summed E-state index contributed by atoms with van der Waals surface area (Å²) in [5.41, 5.74) is 2.85. The maximum atomic E-state index is 11.8. The van der Waals surface area contributed by atoms with Gasteiger partial charge < -0.3 is 9.84 Å². The highest BCUT2D eigenvalue weighted by molar-refractivity contribution is 5.77. The minimum Gasteiger partial charge on any atom is -0.492 e. The summed E-state index contributed by atoms with van der Waals surface area (Å²) in [6, 6.07) is 8.58. The van der Waals surface area contributed by atoms with Crippen LogP contribution in [-0.4, -0.2) is 34.1 Å². The number of nitrogens with zero attached hydrogens (tertiary/aromatic N) is 2. The van der Waals surface area contributed by atoms with Gasteiger partial charge in [-0.2, -0.15) is 0 Å². The highest BCUT2D eigenvalue weighted by atomic mass is 16.5. The maximum Gasteiger partial charge on any atom is 0.325 e. The van der Waals surface area contributed by atoms with Crippen LogP contribution in [-0.2, 0) is 11.3 Å². The third-order valence-electron chi connectivity index (χ3n) is 3.97. The molecule has 0 saturated heterocycles. The quantitative estimate of drug-likeness (QED) is 0.943. The van der Waals surface area contributed by atoms with Crippen LogP contribution < -0.4 is 4.74 Å². The van der Waals surface area contributed by atoms with E-state index in [1.165, 1.54) is 0 Å². The van der Waals surface area contributed by atoms with E-state index in [1.807, 2.05) is 42.2 Å². The molecular weight excluding hydrogens is 280 g/mol. The van der Waals surface area contributed by atoms with Crippen molar-refractivity contribution in [2.24, 2.45) is 0 Å². The van der Waals surface area contributed by atoms with Crippen molar-refractivity contribution in [3.63, 3.8) is 0 Å². The zero-order valence-corrected chi connectivity index (χ0v) is 12.4. The number of aromatic nitrogens is 1. The van der Waals surface area contributed by atoms with Crippen LogP contribution in [0.5, 0.6) is 5.75 Å². The van der Waals surface area contributed by atoms with Gasteiger partial charge in [0.1, 0.15) is 18.4 Å². The van der Waals surface area contributed by atoms with Gasteiger partial charge in [-0.05, 0) is 30.2 Å². The smallest absolute Gasteiger partial charge is 0.325 e.